The van der Waals surface area contributed by atoms with Crippen LogP contribution in [0, 0.1) is 5.92 Å². The van der Waals surface area contributed by atoms with Gasteiger partial charge in [-0.15, -0.1) is 5.10 Å². The molecule has 0 spiro atoms. The fourth-order valence-corrected chi connectivity index (χ4v) is 2.64. The Morgan fingerprint density at radius 1 is 1.27 bits per heavy atom. The van der Waals surface area contributed by atoms with Gasteiger partial charge in [0.25, 0.3) is 0 Å². The molecule has 0 amide bonds. The van der Waals surface area contributed by atoms with E-state index >= 15 is 0 Å². The van der Waals surface area contributed by atoms with E-state index in [0.29, 0.717) is 25.0 Å². The number of β-amino-alcohol motifs (C(OH)–C–C–N with tert-alkyl or cyclic N) is 1. The van der Waals surface area contributed by atoms with Crippen molar-refractivity contribution in [2.45, 2.75) is 38.7 Å². The van der Waals surface area contributed by atoms with Gasteiger partial charge in [0.1, 0.15) is 0 Å². The summed E-state index contributed by atoms with van der Waals surface area (Å²) in [5.41, 5.74) is 0.825. The average Bonchev–Trinajstić information content (AvgIpc) is 3.07. The summed E-state index contributed by atoms with van der Waals surface area (Å²) in [6.45, 7) is 7.32. The van der Waals surface area contributed by atoms with Crippen molar-refractivity contribution in [2.75, 3.05) is 18.0 Å². The van der Waals surface area contributed by atoms with E-state index in [2.05, 4.69) is 15.2 Å². The van der Waals surface area contributed by atoms with Gasteiger partial charge in [0.2, 0.25) is 5.89 Å². The number of hydrogen-bond acceptors (Lipinski definition) is 6. The molecule has 6 nitrogen and oxygen atoms in total. The second-order valence-corrected chi connectivity index (χ2v) is 6.90. The SMILES string of the molecule is CC(C)(C)c1nnc(N2C[C@@H](Cc3ccccn3)[C@H](O)C2)o1. The van der Waals surface area contributed by atoms with E-state index < -0.39 is 6.10 Å². The summed E-state index contributed by atoms with van der Waals surface area (Å²) in [4.78, 5) is 6.29. The molecule has 1 aliphatic heterocycles. The molecule has 3 rings (SSSR count). The van der Waals surface area contributed by atoms with E-state index in [1.165, 1.54) is 0 Å². The highest BCUT2D eigenvalue weighted by molar-refractivity contribution is 5.29. The minimum absolute atomic E-state index is 0.125. The Morgan fingerprint density at radius 3 is 2.73 bits per heavy atom. The minimum atomic E-state index is -0.410. The van der Waals surface area contributed by atoms with E-state index in [4.69, 9.17) is 4.42 Å². The number of aliphatic hydroxyl groups is 1. The molecule has 22 heavy (non-hydrogen) atoms. The maximum Gasteiger partial charge on any atom is 0.318 e. The van der Waals surface area contributed by atoms with Gasteiger partial charge in [-0.05, 0) is 18.6 Å². The van der Waals surface area contributed by atoms with Crippen LogP contribution in [0.15, 0.2) is 28.8 Å². The average molecular weight is 302 g/mol. The Morgan fingerprint density at radius 2 is 2.09 bits per heavy atom. The maximum atomic E-state index is 10.3. The Kier molecular flexibility index (Phi) is 3.87. The van der Waals surface area contributed by atoms with Crippen molar-refractivity contribution < 1.29 is 9.52 Å². The van der Waals surface area contributed by atoms with E-state index in [-0.39, 0.29) is 11.3 Å². The number of nitrogens with zero attached hydrogens (tertiary/aromatic N) is 4. The van der Waals surface area contributed by atoms with Gasteiger partial charge in [-0.3, -0.25) is 4.98 Å². The zero-order valence-electron chi connectivity index (χ0n) is 13.2. The standard InChI is InChI=1S/C16H22N4O2/c1-16(2,3)14-18-19-15(22-14)20-9-11(13(21)10-20)8-12-6-4-5-7-17-12/h4-7,11,13,21H,8-10H2,1-3H3/t11-,13-/m1/s1. The fourth-order valence-electron chi connectivity index (χ4n) is 2.64. The Balaban J connectivity index is 1.69. The van der Waals surface area contributed by atoms with Gasteiger partial charge in [0.15, 0.2) is 0 Å². The van der Waals surface area contributed by atoms with Crippen LogP contribution in [0.1, 0.15) is 32.4 Å². The molecule has 2 atom stereocenters. The Bertz CT molecular complexity index is 621. The molecule has 118 valence electrons. The van der Waals surface area contributed by atoms with Crippen molar-refractivity contribution in [3.63, 3.8) is 0 Å². The van der Waals surface area contributed by atoms with Crippen LogP contribution in [0.5, 0.6) is 0 Å². The lowest BCUT2D eigenvalue weighted by Gasteiger charge is -2.14. The molecule has 3 heterocycles. The molecular formula is C16H22N4O2. The number of anilines is 1. The molecule has 0 saturated carbocycles. The van der Waals surface area contributed by atoms with Crippen molar-refractivity contribution in [2.24, 2.45) is 5.92 Å². The Labute approximate surface area is 130 Å². The number of hydrogen-bond donors (Lipinski definition) is 1. The van der Waals surface area contributed by atoms with Crippen LogP contribution < -0.4 is 4.90 Å². The number of pyridine rings is 1. The highest BCUT2D eigenvalue weighted by atomic mass is 16.4. The number of aromatic nitrogens is 3. The summed E-state index contributed by atoms with van der Waals surface area (Å²) in [6, 6.07) is 6.34. The maximum absolute atomic E-state index is 10.3. The van der Waals surface area contributed by atoms with Crippen molar-refractivity contribution in [3.8, 4) is 0 Å². The zero-order chi connectivity index (χ0) is 15.7. The van der Waals surface area contributed by atoms with E-state index in [9.17, 15) is 5.11 Å². The van der Waals surface area contributed by atoms with Gasteiger partial charge in [-0.25, -0.2) is 0 Å². The van der Waals surface area contributed by atoms with Crippen LogP contribution >= 0.6 is 0 Å². The van der Waals surface area contributed by atoms with E-state index in [1.807, 2.05) is 43.9 Å². The quantitative estimate of drug-likeness (QED) is 0.932. The van der Waals surface area contributed by atoms with Gasteiger partial charge in [-0.2, -0.15) is 0 Å². The van der Waals surface area contributed by atoms with Crippen LogP contribution in [0.25, 0.3) is 0 Å². The van der Waals surface area contributed by atoms with Gasteiger partial charge >= 0.3 is 6.01 Å². The third-order valence-electron chi connectivity index (χ3n) is 3.93. The molecule has 0 unspecified atom stereocenters. The molecule has 0 radical (unpaired) electrons. The van der Waals surface area contributed by atoms with Crippen LogP contribution in [0.3, 0.4) is 0 Å². The highest BCUT2D eigenvalue weighted by Gasteiger charge is 2.35. The van der Waals surface area contributed by atoms with Gasteiger partial charge < -0.3 is 14.4 Å². The summed E-state index contributed by atoms with van der Waals surface area (Å²) >= 11 is 0. The van der Waals surface area contributed by atoms with Gasteiger partial charge in [-0.1, -0.05) is 31.9 Å². The van der Waals surface area contributed by atoms with E-state index in [0.717, 1.165) is 12.1 Å². The predicted octanol–water partition coefficient (Wildman–Crippen LogP) is 1.80. The second-order valence-electron chi connectivity index (χ2n) is 6.90. The van der Waals surface area contributed by atoms with Crippen LogP contribution in [-0.2, 0) is 11.8 Å². The van der Waals surface area contributed by atoms with Crippen molar-refractivity contribution in [1.29, 1.82) is 0 Å². The minimum Gasteiger partial charge on any atom is -0.407 e. The van der Waals surface area contributed by atoms with Crippen LogP contribution in [0.2, 0.25) is 0 Å². The molecule has 6 heteroatoms. The topological polar surface area (TPSA) is 75.3 Å². The molecule has 0 aliphatic carbocycles. The fraction of sp³-hybridized carbons (Fsp3) is 0.562. The van der Waals surface area contributed by atoms with Crippen LogP contribution in [0.4, 0.5) is 6.01 Å². The van der Waals surface area contributed by atoms with Crippen molar-refractivity contribution in [3.05, 3.63) is 36.0 Å². The first-order chi connectivity index (χ1) is 10.4. The summed E-state index contributed by atoms with van der Waals surface area (Å²) in [5, 5.41) is 18.5. The lowest BCUT2D eigenvalue weighted by atomic mass is 9.97. The first-order valence-electron chi connectivity index (χ1n) is 7.60. The lowest BCUT2D eigenvalue weighted by Crippen LogP contribution is -2.21. The number of rotatable bonds is 3. The molecular weight excluding hydrogens is 280 g/mol. The van der Waals surface area contributed by atoms with Crippen LogP contribution in [-0.4, -0.2) is 39.5 Å². The summed E-state index contributed by atoms with van der Waals surface area (Å²) < 4.78 is 5.76. The monoisotopic (exact) mass is 302 g/mol. The first kappa shape index (κ1) is 15.0. The van der Waals surface area contributed by atoms with E-state index in [1.54, 1.807) is 6.20 Å². The first-order valence-corrected chi connectivity index (χ1v) is 7.60. The lowest BCUT2D eigenvalue weighted by molar-refractivity contribution is 0.147. The highest BCUT2D eigenvalue weighted by Crippen LogP contribution is 2.28. The molecule has 0 aromatic carbocycles. The normalized spacial score (nSPS) is 22.3. The molecule has 0 bridgehead atoms. The Hall–Kier alpha value is -1.95. The summed E-state index contributed by atoms with van der Waals surface area (Å²) in [6.07, 6.45) is 2.12. The van der Waals surface area contributed by atoms with Crippen molar-refractivity contribution in [1.82, 2.24) is 15.2 Å². The summed E-state index contributed by atoms with van der Waals surface area (Å²) in [5.74, 6) is 0.741. The third-order valence-corrected chi connectivity index (χ3v) is 3.93. The van der Waals surface area contributed by atoms with Gasteiger partial charge in [0, 0.05) is 36.3 Å². The summed E-state index contributed by atoms with van der Waals surface area (Å²) in [7, 11) is 0. The van der Waals surface area contributed by atoms with Gasteiger partial charge in [0.05, 0.1) is 6.10 Å². The molecule has 1 aliphatic rings. The predicted molar refractivity (Wildman–Crippen MR) is 82.6 cm³/mol. The number of aliphatic hydroxyl groups excluding tert-OH is 1. The zero-order valence-corrected chi connectivity index (χ0v) is 13.2. The smallest absolute Gasteiger partial charge is 0.318 e. The molecule has 1 N–H and O–H groups in total. The molecule has 2 aromatic heterocycles. The molecule has 2 aromatic rings. The third kappa shape index (κ3) is 3.11. The molecule has 1 fully saturated rings. The second kappa shape index (κ2) is 5.68. The van der Waals surface area contributed by atoms with Crippen molar-refractivity contribution >= 4 is 6.01 Å². The molecule has 1 saturated heterocycles. The largest absolute Gasteiger partial charge is 0.407 e.